The van der Waals surface area contributed by atoms with Crippen molar-refractivity contribution in [2.45, 2.75) is 45.5 Å². The van der Waals surface area contributed by atoms with Crippen LogP contribution in [-0.2, 0) is 29.2 Å². The van der Waals surface area contributed by atoms with E-state index in [1.165, 1.54) is 0 Å². The molecule has 0 saturated carbocycles. The first-order valence-electron chi connectivity index (χ1n) is 17.2. The lowest BCUT2D eigenvalue weighted by Gasteiger charge is -2.20. The molecular weight excluding hydrogens is 686 g/mol. The summed E-state index contributed by atoms with van der Waals surface area (Å²) >= 11 is 8.75. The predicted octanol–water partition coefficient (Wildman–Crippen LogP) is 5.94. The number of nitrogens with one attached hydrogen (secondary N) is 1. The van der Waals surface area contributed by atoms with Gasteiger partial charge in [-0.05, 0) is 61.2 Å². The molecule has 0 aliphatic carbocycles. The second-order valence-electron chi connectivity index (χ2n) is 13.7. The molecule has 3 aliphatic rings. The van der Waals surface area contributed by atoms with E-state index in [4.69, 9.17) is 21.6 Å². The van der Waals surface area contributed by atoms with Gasteiger partial charge in [0, 0.05) is 60.0 Å². The molecule has 8 rings (SSSR count). The van der Waals surface area contributed by atoms with Crippen LogP contribution in [0.1, 0.15) is 34.5 Å². The molecule has 3 aliphatic heterocycles. The number of halogens is 1. The van der Waals surface area contributed by atoms with Crippen molar-refractivity contribution in [2.75, 3.05) is 38.0 Å². The Morgan fingerprint density at radius 2 is 1.80 bits per heavy atom. The van der Waals surface area contributed by atoms with Gasteiger partial charge >= 0.3 is 5.97 Å². The highest BCUT2D eigenvalue weighted by atomic mass is 35.5. The van der Waals surface area contributed by atoms with Crippen LogP contribution < -0.4 is 5.32 Å². The molecule has 5 aromatic rings. The molecule has 1 amide bonds. The van der Waals surface area contributed by atoms with Gasteiger partial charge in [-0.15, -0.1) is 11.3 Å². The lowest BCUT2D eigenvalue weighted by Crippen LogP contribution is -2.37. The molecule has 2 atom stereocenters. The van der Waals surface area contributed by atoms with Gasteiger partial charge in [0.1, 0.15) is 10.5 Å². The lowest BCUT2D eigenvalue weighted by molar-refractivity contribution is -0.141. The number of amides is 1. The molecule has 2 aromatic carbocycles. The highest BCUT2D eigenvalue weighted by molar-refractivity contribution is 7.15. The first kappa shape index (κ1) is 33.7. The Morgan fingerprint density at radius 1 is 1.00 bits per heavy atom. The molecule has 0 unspecified atom stereocenters. The topological polar surface area (TPSA) is 135 Å². The normalized spacial score (nSPS) is 19.2. The number of anilines is 2. The van der Waals surface area contributed by atoms with E-state index in [0.717, 1.165) is 73.8 Å². The Labute approximate surface area is 304 Å². The van der Waals surface area contributed by atoms with Gasteiger partial charge in [0.05, 0.1) is 48.1 Å². The first-order valence-corrected chi connectivity index (χ1v) is 18.4. The summed E-state index contributed by atoms with van der Waals surface area (Å²) in [5, 5.41) is 25.0. The fourth-order valence-electron chi connectivity index (χ4n) is 7.42. The second kappa shape index (κ2) is 13.9. The maximum Gasteiger partial charge on any atom is 0.307 e. The number of nitrogens with zero attached hydrogens (tertiary/aromatic N) is 6. The quantitative estimate of drug-likeness (QED) is 0.168. The molecule has 0 radical (unpaired) electrons. The number of carboxylic acids is 1. The van der Waals surface area contributed by atoms with Crippen LogP contribution >= 0.6 is 22.9 Å². The number of hydrogen-bond acceptors (Lipinski definition) is 10. The average Bonchev–Trinajstić information content (AvgIpc) is 3.91. The minimum absolute atomic E-state index is 0.0751. The molecule has 2 fully saturated rings. The SMILES string of the molecule is Cc1c(-c2nc3c(s2)CN(C(=O)CN2CC[C@@H](O)C2)C3)cccc1-c1cccc(Nc2nccc3cc(CN4CC[C@@H](C(=O)O)C4)cnc23)c1Cl. The van der Waals surface area contributed by atoms with E-state index in [0.29, 0.717) is 62.2 Å². The fourth-order valence-corrected chi connectivity index (χ4v) is 8.87. The van der Waals surface area contributed by atoms with Crippen LogP contribution in [0.15, 0.2) is 60.9 Å². The highest BCUT2D eigenvalue weighted by Crippen LogP contribution is 2.41. The van der Waals surface area contributed by atoms with E-state index >= 15 is 0 Å². The van der Waals surface area contributed by atoms with Gasteiger partial charge < -0.3 is 20.4 Å². The summed E-state index contributed by atoms with van der Waals surface area (Å²) in [5.74, 6) is -0.377. The molecule has 13 heteroatoms. The van der Waals surface area contributed by atoms with Crippen LogP contribution in [0.4, 0.5) is 11.5 Å². The number of thiazole rings is 1. The minimum atomic E-state index is -0.733. The van der Waals surface area contributed by atoms with E-state index in [1.54, 1.807) is 17.5 Å². The Kier molecular flexibility index (Phi) is 9.20. The minimum Gasteiger partial charge on any atom is -0.481 e. The number of carbonyl (C=O) groups excluding carboxylic acids is 1. The molecular formula is C38H38ClN7O4S. The fraction of sp³-hybridized carbons (Fsp3) is 0.342. The average molecular weight is 724 g/mol. The van der Waals surface area contributed by atoms with Gasteiger partial charge in [-0.2, -0.15) is 0 Å². The van der Waals surface area contributed by atoms with E-state index < -0.39 is 5.97 Å². The van der Waals surface area contributed by atoms with Gasteiger partial charge in [-0.25, -0.2) is 9.97 Å². The van der Waals surface area contributed by atoms with Crippen molar-refractivity contribution < 1.29 is 19.8 Å². The standard InChI is InChI=1S/C38H38ClN7O4S/c1-22-27(4-2-5-28(22)37-43-31-19-46(20-32(31)51-37)33(48)21-45-13-10-26(47)18-45)29-6-3-7-30(34(29)39)42-36-35-24(8-11-40-36)14-23(15-41-35)16-44-12-9-25(17-44)38(49)50/h2-8,11,14-15,25-26,47H,9-10,12-13,16-21H2,1H3,(H,40,42)(H,49,50)/t25-,26-/m1/s1. The van der Waals surface area contributed by atoms with Crippen LogP contribution in [0.5, 0.6) is 0 Å². The maximum atomic E-state index is 13.0. The van der Waals surface area contributed by atoms with Crippen LogP contribution in [-0.4, -0.2) is 90.6 Å². The van der Waals surface area contributed by atoms with Crippen molar-refractivity contribution in [2.24, 2.45) is 5.92 Å². The van der Waals surface area contributed by atoms with Crippen molar-refractivity contribution in [3.8, 4) is 21.7 Å². The van der Waals surface area contributed by atoms with Gasteiger partial charge in [-0.3, -0.25) is 24.4 Å². The molecule has 51 heavy (non-hydrogen) atoms. The molecule has 3 N–H and O–H groups in total. The third-order valence-corrected chi connectivity index (χ3v) is 11.7. The summed E-state index contributed by atoms with van der Waals surface area (Å²) in [4.78, 5) is 45.8. The maximum absolute atomic E-state index is 13.0. The highest BCUT2D eigenvalue weighted by Gasteiger charge is 2.31. The number of benzene rings is 2. The molecule has 2 saturated heterocycles. The Morgan fingerprint density at radius 3 is 2.59 bits per heavy atom. The molecule has 11 nitrogen and oxygen atoms in total. The smallest absolute Gasteiger partial charge is 0.307 e. The number of carboxylic acid groups (broad SMARTS) is 1. The van der Waals surface area contributed by atoms with Crippen molar-refractivity contribution in [3.05, 3.63) is 87.6 Å². The van der Waals surface area contributed by atoms with Gasteiger partial charge in [0.15, 0.2) is 5.82 Å². The molecule has 0 bridgehead atoms. The van der Waals surface area contributed by atoms with Crippen molar-refractivity contribution in [3.63, 3.8) is 0 Å². The number of aliphatic carboxylic acids is 1. The predicted molar refractivity (Wildman–Crippen MR) is 198 cm³/mol. The van der Waals surface area contributed by atoms with Crippen LogP contribution in [0.3, 0.4) is 0 Å². The summed E-state index contributed by atoms with van der Waals surface area (Å²) in [7, 11) is 0. The van der Waals surface area contributed by atoms with E-state index in [-0.39, 0.29) is 17.9 Å². The second-order valence-corrected chi connectivity index (χ2v) is 15.2. The summed E-state index contributed by atoms with van der Waals surface area (Å²) in [6, 6.07) is 16.1. The number of hydrogen-bond donors (Lipinski definition) is 3. The zero-order chi connectivity index (χ0) is 35.2. The third kappa shape index (κ3) is 6.82. The Hall–Kier alpha value is -4.46. The summed E-state index contributed by atoms with van der Waals surface area (Å²) < 4.78 is 0. The summed E-state index contributed by atoms with van der Waals surface area (Å²) in [6.45, 7) is 6.75. The lowest BCUT2D eigenvalue weighted by atomic mass is 9.96. The number of pyridine rings is 2. The molecule has 3 aromatic heterocycles. The zero-order valence-electron chi connectivity index (χ0n) is 28.2. The summed E-state index contributed by atoms with van der Waals surface area (Å²) in [6.07, 6.45) is 4.63. The number of likely N-dealkylation sites (tertiary alicyclic amines) is 2. The van der Waals surface area contributed by atoms with Crippen molar-refractivity contribution in [1.29, 1.82) is 0 Å². The Balaban J connectivity index is 0.990. The van der Waals surface area contributed by atoms with Gasteiger partial charge in [0.25, 0.3) is 0 Å². The number of aromatic nitrogens is 3. The van der Waals surface area contributed by atoms with Crippen molar-refractivity contribution >= 4 is 57.2 Å². The Bertz CT molecular complexity index is 2140. The van der Waals surface area contributed by atoms with E-state index in [2.05, 4.69) is 40.3 Å². The van der Waals surface area contributed by atoms with Crippen molar-refractivity contribution in [1.82, 2.24) is 29.7 Å². The molecule has 262 valence electrons. The number of fused-ring (bicyclic) bond motifs is 2. The van der Waals surface area contributed by atoms with Gasteiger partial charge in [-0.1, -0.05) is 41.9 Å². The van der Waals surface area contributed by atoms with Crippen LogP contribution in [0, 0.1) is 12.8 Å². The van der Waals surface area contributed by atoms with E-state index in [9.17, 15) is 19.8 Å². The number of aliphatic hydroxyl groups is 1. The molecule has 6 heterocycles. The number of carbonyl (C=O) groups is 2. The van der Waals surface area contributed by atoms with Crippen LogP contribution in [0.25, 0.3) is 32.6 Å². The molecule has 0 spiro atoms. The number of aliphatic hydroxyl groups excluding tert-OH is 1. The van der Waals surface area contributed by atoms with E-state index in [1.807, 2.05) is 46.3 Å². The van der Waals surface area contributed by atoms with Crippen LogP contribution in [0.2, 0.25) is 5.02 Å². The monoisotopic (exact) mass is 723 g/mol. The largest absolute Gasteiger partial charge is 0.481 e. The summed E-state index contributed by atoms with van der Waals surface area (Å²) in [5.41, 5.74) is 7.39. The number of rotatable bonds is 9. The zero-order valence-corrected chi connectivity index (χ0v) is 29.8. The van der Waals surface area contributed by atoms with Gasteiger partial charge in [0.2, 0.25) is 5.91 Å². The first-order chi connectivity index (χ1) is 24.7. The third-order valence-electron chi connectivity index (χ3n) is 10.2. The number of β-amino-alcohol motifs (C(OH)–C–C–N with tert-alkyl or cyclic N) is 1.